The van der Waals surface area contributed by atoms with E-state index in [1.54, 1.807) is 0 Å². The highest BCUT2D eigenvalue weighted by atomic mass is 16.2. The van der Waals surface area contributed by atoms with E-state index in [0.717, 1.165) is 38.8 Å². The Labute approximate surface area is 105 Å². The van der Waals surface area contributed by atoms with Crippen LogP contribution in [-0.4, -0.2) is 29.9 Å². The molecule has 3 unspecified atom stereocenters. The van der Waals surface area contributed by atoms with Crippen molar-refractivity contribution in [3.05, 3.63) is 0 Å². The zero-order chi connectivity index (χ0) is 12.6. The van der Waals surface area contributed by atoms with Gasteiger partial charge in [-0.25, -0.2) is 0 Å². The average Bonchev–Trinajstić information content (AvgIpc) is 2.83. The number of hydrogen-bond acceptors (Lipinski definition) is 2. The largest absolute Gasteiger partial charge is 0.342 e. The predicted octanol–water partition coefficient (Wildman–Crippen LogP) is 2.01. The molecule has 1 saturated carbocycles. The standard InChI is InChI=1S/C14H26N2O/c1-14(2,3)10-7-8-16(9-10)13(17)11-5-4-6-12(11)15/h10-12H,4-9,15H2,1-3H3. The molecule has 1 aliphatic heterocycles. The van der Waals surface area contributed by atoms with Crippen molar-refractivity contribution in [3.8, 4) is 0 Å². The van der Waals surface area contributed by atoms with Crippen molar-refractivity contribution in [2.45, 2.75) is 52.5 Å². The lowest BCUT2D eigenvalue weighted by atomic mass is 9.80. The summed E-state index contributed by atoms with van der Waals surface area (Å²) >= 11 is 0. The van der Waals surface area contributed by atoms with Gasteiger partial charge >= 0.3 is 0 Å². The number of rotatable bonds is 1. The monoisotopic (exact) mass is 238 g/mol. The van der Waals surface area contributed by atoms with Crippen LogP contribution in [0.4, 0.5) is 0 Å². The van der Waals surface area contributed by atoms with Crippen molar-refractivity contribution in [3.63, 3.8) is 0 Å². The summed E-state index contributed by atoms with van der Waals surface area (Å²) in [6.45, 7) is 8.68. The van der Waals surface area contributed by atoms with E-state index in [4.69, 9.17) is 5.73 Å². The normalized spacial score (nSPS) is 34.4. The summed E-state index contributed by atoms with van der Waals surface area (Å²) in [5.74, 6) is 1.07. The van der Waals surface area contributed by atoms with Gasteiger partial charge in [0.15, 0.2) is 0 Å². The Hall–Kier alpha value is -0.570. The van der Waals surface area contributed by atoms with E-state index < -0.39 is 0 Å². The molecule has 1 amide bonds. The Bertz CT molecular complexity index is 295. The summed E-state index contributed by atoms with van der Waals surface area (Å²) in [6, 6.07) is 0.108. The van der Waals surface area contributed by atoms with Crippen molar-refractivity contribution in [1.82, 2.24) is 4.90 Å². The zero-order valence-electron chi connectivity index (χ0n) is 11.4. The van der Waals surface area contributed by atoms with E-state index in [9.17, 15) is 4.79 Å². The van der Waals surface area contributed by atoms with Gasteiger partial charge in [0.05, 0.1) is 5.92 Å². The molecular weight excluding hydrogens is 212 g/mol. The van der Waals surface area contributed by atoms with Crippen molar-refractivity contribution < 1.29 is 4.79 Å². The maximum atomic E-state index is 12.4. The van der Waals surface area contributed by atoms with E-state index >= 15 is 0 Å². The highest BCUT2D eigenvalue weighted by Gasteiger charge is 2.38. The fourth-order valence-electron chi connectivity index (χ4n) is 3.20. The maximum absolute atomic E-state index is 12.4. The molecule has 0 bridgehead atoms. The predicted molar refractivity (Wildman–Crippen MR) is 69.5 cm³/mol. The Balaban J connectivity index is 1.94. The summed E-state index contributed by atoms with van der Waals surface area (Å²) in [5.41, 5.74) is 6.33. The molecule has 98 valence electrons. The molecule has 1 aliphatic carbocycles. The molecule has 1 saturated heterocycles. The molecule has 0 radical (unpaired) electrons. The summed E-state index contributed by atoms with van der Waals surface area (Å²) in [6.07, 6.45) is 4.29. The van der Waals surface area contributed by atoms with E-state index in [2.05, 4.69) is 25.7 Å². The van der Waals surface area contributed by atoms with Gasteiger partial charge in [0.1, 0.15) is 0 Å². The molecule has 17 heavy (non-hydrogen) atoms. The van der Waals surface area contributed by atoms with Gasteiger partial charge in [-0.05, 0) is 30.6 Å². The van der Waals surface area contributed by atoms with Crippen LogP contribution in [0, 0.1) is 17.3 Å². The smallest absolute Gasteiger partial charge is 0.227 e. The molecule has 0 aromatic rings. The fraction of sp³-hybridized carbons (Fsp3) is 0.929. The van der Waals surface area contributed by atoms with Gasteiger partial charge in [-0.2, -0.15) is 0 Å². The maximum Gasteiger partial charge on any atom is 0.227 e. The zero-order valence-corrected chi connectivity index (χ0v) is 11.4. The average molecular weight is 238 g/mol. The quantitative estimate of drug-likeness (QED) is 0.759. The SMILES string of the molecule is CC(C)(C)C1CCN(C(=O)C2CCCC2N)C1. The minimum Gasteiger partial charge on any atom is -0.342 e. The first-order valence-electron chi connectivity index (χ1n) is 6.94. The van der Waals surface area contributed by atoms with Crippen molar-refractivity contribution in [2.75, 3.05) is 13.1 Å². The lowest BCUT2D eigenvalue weighted by Crippen LogP contribution is -2.41. The van der Waals surface area contributed by atoms with E-state index in [1.807, 2.05) is 0 Å². The first kappa shape index (κ1) is 12.9. The highest BCUT2D eigenvalue weighted by Crippen LogP contribution is 2.35. The molecule has 3 heteroatoms. The third-order valence-corrected chi connectivity index (χ3v) is 4.61. The number of hydrogen-bond donors (Lipinski definition) is 1. The Kier molecular flexibility index (Phi) is 3.48. The second kappa shape index (κ2) is 4.60. The lowest BCUT2D eigenvalue weighted by Gasteiger charge is -2.28. The van der Waals surface area contributed by atoms with Crippen molar-refractivity contribution in [1.29, 1.82) is 0 Å². The number of likely N-dealkylation sites (tertiary alicyclic amines) is 1. The minimum atomic E-state index is 0.105. The second-order valence-electron chi connectivity index (χ2n) is 6.84. The van der Waals surface area contributed by atoms with Gasteiger partial charge in [-0.3, -0.25) is 4.79 Å². The number of nitrogens with zero attached hydrogens (tertiary/aromatic N) is 1. The summed E-state index contributed by atoms with van der Waals surface area (Å²) in [4.78, 5) is 14.4. The van der Waals surface area contributed by atoms with Gasteiger partial charge in [0.25, 0.3) is 0 Å². The van der Waals surface area contributed by atoms with Crippen LogP contribution >= 0.6 is 0 Å². The van der Waals surface area contributed by atoms with Crippen LogP contribution in [0.2, 0.25) is 0 Å². The Morgan fingerprint density at radius 3 is 2.41 bits per heavy atom. The second-order valence-corrected chi connectivity index (χ2v) is 6.84. The van der Waals surface area contributed by atoms with Gasteiger partial charge in [-0.15, -0.1) is 0 Å². The van der Waals surface area contributed by atoms with Crippen LogP contribution in [-0.2, 0) is 4.79 Å². The van der Waals surface area contributed by atoms with Crippen LogP contribution < -0.4 is 5.73 Å². The van der Waals surface area contributed by atoms with Crippen LogP contribution in [0.3, 0.4) is 0 Å². The lowest BCUT2D eigenvalue weighted by molar-refractivity contribution is -0.134. The summed E-state index contributed by atoms with van der Waals surface area (Å²) in [7, 11) is 0. The van der Waals surface area contributed by atoms with Crippen LogP contribution in [0.5, 0.6) is 0 Å². The number of nitrogens with two attached hydrogens (primary N) is 1. The molecule has 2 N–H and O–H groups in total. The van der Waals surface area contributed by atoms with Crippen molar-refractivity contribution in [2.24, 2.45) is 23.0 Å². The molecule has 2 aliphatic rings. The number of amides is 1. The molecular formula is C14H26N2O. The molecule has 0 aromatic carbocycles. The van der Waals surface area contributed by atoms with Gasteiger partial charge in [-0.1, -0.05) is 27.2 Å². The minimum absolute atomic E-state index is 0.105. The Morgan fingerprint density at radius 2 is 1.94 bits per heavy atom. The molecule has 2 fully saturated rings. The first-order chi connectivity index (χ1) is 7.89. The fourth-order valence-corrected chi connectivity index (χ4v) is 3.20. The van der Waals surface area contributed by atoms with Gasteiger partial charge in [0.2, 0.25) is 5.91 Å². The van der Waals surface area contributed by atoms with Crippen LogP contribution in [0.15, 0.2) is 0 Å². The molecule has 3 nitrogen and oxygen atoms in total. The van der Waals surface area contributed by atoms with E-state index in [-0.39, 0.29) is 12.0 Å². The van der Waals surface area contributed by atoms with E-state index in [1.165, 1.54) is 0 Å². The molecule has 0 spiro atoms. The van der Waals surface area contributed by atoms with Gasteiger partial charge in [0, 0.05) is 19.1 Å². The van der Waals surface area contributed by atoms with Crippen molar-refractivity contribution >= 4 is 5.91 Å². The third kappa shape index (κ3) is 2.65. The third-order valence-electron chi connectivity index (χ3n) is 4.61. The highest BCUT2D eigenvalue weighted by molar-refractivity contribution is 5.80. The Morgan fingerprint density at radius 1 is 1.24 bits per heavy atom. The topological polar surface area (TPSA) is 46.3 Å². The first-order valence-corrected chi connectivity index (χ1v) is 6.94. The molecule has 1 heterocycles. The van der Waals surface area contributed by atoms with Crippen LogP contribution in [0.1, 0.15) is 46.5 Å². The van der Waals surface area contributed by atoms with Gasteiger partial charge < -0.3 is 10.6 Å². The molecule has 2 rings (SSSR count). The number of carbonyl (C=O) groups is 1. The summed E-state index contributed by atoms with van der Waals surface area (Å²) in [5, 5.41) is 0. The molecule has 3 atom stereocenters. The van der Waals surface area contributed by atoms with Crippen LogP contribution in [0.25, 0.3) is 0 Å². The summed E-state index contributed by atoms with van der Waals surface area (Å²) < 4.78 is 0. The van der Waals surface area contributed by atoms with E-state index in [0.29, 0.717) is 17.2 Å². The molecule has 0 aromatic heterocycles. The number of carbonyl (C=O) groups excluding carboxylic acids is 1.